The molecule has 0 atom stereocenters. The second-order valence-corrected chi connectivity index (χ2v) is 4.63. The SMILES string of the molecule is C=C(CCCC(C)C)CC(C)C. The summed E-state index contributed by atoms with van der Waals surface area (Å²) in [4.78, 5) is 0. The van der Waals surface area contributed by atoms with Gasteiger partial charge in [-0.15, -0.1) is 0 Å². The molecule has 0 aromatic heterocycles. The van der Waals surface area contributed by atoms with Gasteiger partial charge < -0.3 is 0 Å². The van der Waals surface area contributed by atoms with E-state index in [1.54, 1.807) is 0 Å². The lowest BCUT2D eigenvalue weighted by molar-refractivity contribution is 0.540. The van der Waals surface area contributed by atoms with E-state index in [4.69, 9.17) is 0 Å². The smallest absolute Gasteiger partial charge is 0.0300 e. The molecule has 0 N–H and O–H groups in total. The maximum absolute atomic E-state index is 4.09. The van der Waals surface area contributed by atoms with Gasteiger partial charge in [-0.3, -0.25) is 0 Å². The highest BCUT2D eigenvalue weighted by atomic mass is 14.1. The Hall–Kier alpha value is -0.260. The Kier molecular flexibility index (Phi) is 6.14. The summed E-state index contributed by atoms with van der Waals surface area (Å²) >= 11 is 0. The maximum Gasteiger partial charge on any atom is -0.0300 e. The molecule has 0 aromatic rings. The van der Waals surface area contributed by atoms with Crippen molar-refractivity contribution in [1.82, 2.24) is 0 Å². The van der Waals surface area contributed by atoms with Gasteiger partial charge >= 0.3 is 0 Å². The minimum atomic E-state index is 0.775. The maximum atomic E-state index is 4.09. The third kappa shape index (κ3) is 7.84. The van der Waals surface area contributed by atoms with Crippen LogP contribution in [0.5, 0.6) is 0 Å². The van der Waals surface area contributed by atoms with Crippen LogP contribution in [0.25, 0.3) is 0 Å². The molecule has 0 aliphatic heterocycles. The van der Waals surface area contributed by atoms with Crippen LogP contribution in [-0.4, -0.2) is 0 Å². The molecule has 0 nitrogen and oxygen atoms in total. The Labute approximate surface area is 78.1 Å². The first-order valence-electron chi connectivity index (χ1n) is 5.19. The third-order valence-electron chi connectivity index (χ3n) is 2.01. The van der Waals surface area contributed by atoms with Gasteiger partial charge in [-0.1, -0.05) is 46.3 Å². The van der Waals surface area contributed by atoms with E-state index in [2.05, 4.69) is 34.3 Å². The summed E-state index contributed by atoms with van der Waals surface area (Å²) in [5, 5.41) is 0. The first-order chi connectivity index (χ1) is 5.52. The highest BCUT2D eigenvalue weighted by Gasteiger charge is 1.99. The van der Waals surface area contributed by atoms with E-state index in [9.17, 15) is 0 Å². The van der Waals surface area contributed by atoms with Crippen LogP contribution >= 0.6 is 0 Å². The molecule has 0 radical (unpaired) electrons. The van der Waals surface area contributed by atoms with Crippen LogP contribution in [0, 0.1) is 11.8 Å². The van der Waals surface area contributed by atoms with E-state index in [-0.39, 0.29) is 0 Å². The molecule has 0 bridgehead atoms. The summed E-state index contributed by atoms with van der Waals surface area (Å²) in [6, 6.07) is 0. The first kappa shape index (κ1) is 11.7. The van der Waals surface area contributed by atoms with Crippen LogP contribution < -0.4 is 0 Å². The van der Waals surface area contributed by atoms with Gasteiger partial charge in [0.15, 0.2) is 0 Å². The monoisotopic (exact) mass is 168 g/mol. The molecular formula is C12H24. The van der Waals surface area contributed by atoms with Crippen LogP contribution in [0.15, 0.2) is 12.2 Å². The van der Waals surface area contributed by atoms with Crippen molar-refractivity contribution in [2.45, 2.75) is 53.4 Å². The quantitative estimate of drug-likeness (QED) is 0.515. The summed E-state index contributed by atoms with van der Waals surface area (Å²) in [6.45, 7) is 13.2. The minimum Gasteiger partial charge on any atom is -0.0999 e. The minimum absolute atomic E-state index is 0.775. The Balaban J connectivity index is 3.32. The van der Waals surface area contributed by atoms with E-state index in [1.807, 2.05) is 0 Å². The van der Waals surface area contributed by atoms with Gasteiger partial charge in [0, 0.05) is 0 Å². The Morgan fingerprint density at radius 1 is 1.08 bits per heavy atom. The van der Waals surface area contributed by atoms with Crippen molar-refractivity contribution < 1.29 is 0 Å². The summed E-state index contributed by atoms with van der Waals surface area (Å²) in [5.41, 5.74) is 1.44. The van der Waals surface area contributed by atoms with Crippen LogP contribution in [0.3, 0.4) is 0 Å². The van der Waals surface area contributed by atoms with Crippen molar-refractivity contribution >= 4 is 0 Å². The molecule has 72 valence electrons. The predicted molar refractivity (Wildman–Crippen MR) is 57.3 cm³/mol. The van der Waals surface area contributed by atoms with Gasteiger partial charge in [0.25, 0.3) is 0 Å². The van der Waals surface area contributed by atoms with Crippen LogP contribution in [-0.2, 0) is 0 Å². The van der Waals surface area contributed by atoms with Crippen molar-refractivity contribution in [2.75, 3.05) is 0 Å². The highest BCUT2D eigenvalue weighted by Crippen LogP contribution is 2.16. The second-order valence-electron chi connectivity index (χ2n) is 4.63. The number of hydrogen-bond donors (Lipinski definition) is 0. The van der Waals surface area contributed by atoms with E-state index in [0.717, 1.165) is 11.8 Å². The van der Waals surface area contributed by atoms with E-state index < -0.39 is 0 Å². The average Bonchev–Trinajstić information content (AvgIpc) is 1.84. The summed E-state index contributed by atoms with van der Waals surface area (Å²) < 4.78 is 0. The van der Waals surface area contributed by atoms with Crippen molar-refractivity contribution in [3.63, 3.8) is 0 Å². The molecule has 0 aliphatic carbocycles. The molecule has 0 rings (SSSR count). The topological polar surface area (TPSA) is 0 Å². The lowest BCUT2D eigenvalue weighted by Crippen LogP contribution is -1.92. The van der Waals surface area contributed by atoms with Gasteiger partial charge in [0.2, 0.25) is 0 Å². The molecule has 0 aliphatic rings. The molecule has 0 amide bonds. The molecule has 0 fully saturated rings. The van der Waals surface area contributed by atoms with Gasteiger partial charge in [-0.05, 0) is 31.1 Å². The van der Waals surface area contributed by atoms with Crippen molar-refractivity contribution in [2.24, 2.45) is 11.8 Å². The molecule has 0 saturated heterocycles. The highest BCUT2D eigenvalue weighted by molar-refractivity contribution is 4.94. The molecule has 0 heterocycles. The predicted octanol–water partition coefficient (Wildman–Crippen LogP) is 4.42. The first-order valence-corrected chi connectivity index (χ1v) is 5.19. The van der Waals surface area contributed by atoms with Crippen molar-refractivity contribution in [1.29, 1.82) is 0 Å². The molecule has 0 aromatic carbocycles. The zero-order chi connectivity index (χ0) is 9.56. The Morgan fingerprint density at radius 3 is 2.08 bits per heavy atom. The Morgan fingerprint density at radius 2 is 1.67 bits per heavy atom. The van der Waals surface area contributed by atoms with Gasteiger partial charge in [0.1, 0.15) is 0 Å². The molecule has 0 unspecified atom stereocenters. The zero-order valence-electron chi connectivity index (χ0n) is 9.19. The summed E-state index contributed by atoms with van der Waals surface area (Å²) in [6.07, 6.45) is 5.11. The van der Waals surface area contributed by atoms with E-state index in [1.165, 1.54) is 31.3 Å². The van der Waals surface area contributed by atoms with Crippen LogP contribution in [0.2, 0.25) is 0 Å². The fourth-order valence-electron chi connectivity index (χ4n) is 1.44. The van der Waals surface area contributed by atoms with E-state index >= 15 is 0 Å². The second kappa shape index (κ2) is 6.28. The summed E-state index contributed by atoms with van der Waals surface area (Å²) in [7, 11) is 0. The molecular weight excluding hydrogens is 144 g/mol. The van der Waals surface area contributed by atoms with Gasteiger partial charge in [-0.2, -0.15) is 0 Å². The number of rotatable bonds is 6. The molecule has 0 spiro atoms. The zero-order valence-corrected chi connectivity index (χ0v) is 9.19. The van der Waals surface area contributed by atoms with Gasteiger partial charge in [-0.25, -0.2) is 0 Å². The number of allylic oxidation sites excluding steroid dienone is 1. The lowest BCUT2D eigenvalue weighted by Gasteiger charge is -2.09. The average molecular weight is 168 g/mol. The molecule has 12 heavy (non-hydrogen) atoms. The summed E-state index contributed by atoms with van der Waals surface area (Å²) in [5.74, 6) is 1.62. The van der Waals surface area contributed by atoms with Crippen LogP contribution in [0.1, 0.15) is 53.4 Å². The standard InChI is InChI=1S/C12H24/c1-10(2)7-6-8-12(5)9-11(3)4/h10-11H,5-9H2,1-4H3. The third-order valence-corrected chi connectivity index (χ3v) is 2.01. The largest absolute Gasteiger partial charge is 0.0999 e. The lowest BCUT2D eigenvalue weighted by atomic mass is 9.98. The Bertz CT molecular complexity index is 120. The fraction of sp³-hybridized carbons (Fsp3) is 0.833. The number of hydrogen-bond acceptors (Lipinski definition) is 0. The normalized spacial score (nSPS) is 11.2. The molecule has 0 heteroatoms. The van der Waals surface area contributed by atoms with Gasteiger partial charge in [0.05, 0.1) is 0 Å². The van der Waals surface area contributed by atoms with E-state index in [0.29, 0.717) is 0 Å². The van der Waals surface area contributed by atoms with Crippen molar-refractivity contribution in [3.8, 4) is 0 Å². The fourth-order valence-corrected chi connectivity index (χ4v) is 1.44. The molecule has 0 saturated carbocycles. The van der Waals surface area contributed by atoms with Crippen LogP contribution in [0.4, 0.5) is 0 Å². The van der Waals surface area contributed by atoms with Crippen molar-refractivity contribution in [3.05, 3.63) is 12.2 Å².